The molecule has 3 heteroatoms. The highest BCUT2D eigenvalue weighted by atomic mass is 16.3. The third-order valence-electron chi connectivity index (χ3n) is 12.9. The fourth-order valence-electron chi connectivity index (χ4n) is 9.98. The van der Waals surface area contributed by atoms with Crippen LogP contribution in [0.25, 0.3) is 104 Å². The first kappa shape index (κ1) is 35.4. The van der Waals surface area contributed by atoms with Crippen LogP contribution in [0.1, 0.15) is 0 Å². The van der Waals surface area contributed by atoms with Crippen molar-refractivity contribution in [3.05, 3.63) is 231 Å². The number of fused-ring (bicyclic) bond motifs is 11. The van der Waals surface area contributed by atoms with Crippen molar-refractivity contribution >= 4 is 93.1 Å². The molecule has 0 saturated heterocycles. The van der Waals surface area contributed by atoms with E-state index in [1.807, 2.05) is 0 Å². The molecule has 0 aliphatic rings. The van der Waals surface area contributed by atoms with E-state index in [1.165, 1.54) is 54.3 Å². The normalized spacial score (nSPS) is 11.8. The van der Waals surface area contributed by atoms with Crippen molar-refractivity contribution < 1.29 is 4.42 Å². The van der Waals surface area contributed by atoms with E-state index in [2.05, 4.69) is 240 Å². The number of rotatable bonds is 6. The zero-order valence-corrected chi connectivity index (χ0v) is 34.2. The molecule has 3 nitrogen and oxygen atoms in total. The van der Waals surface area contributed by atoms with Crippen molar-refractivity contribution in [2.45, 2.75) is 0 Å². The van der Waals surface area contributed by atoms with E-state index in [0.717, 1.165) is 66.8 Å². The van der Waals surface area contributed by atoms with Crippen LogP contribution < -0.4 is 4.90 Å². The summed E-state index contributed by atoms with van der Waals surface area (Å²) in [4.78, 5) is 2.41. The maximum absolute atomic E-state index is 6.55. The molecule has 0 aliphatic carbocycles. The summed E-state index contributed by atoms with van der Waals surface area (Å²) in [5, 5.41) is 12.0. The van der Waals surface area contributed by atoms with Crippen LogP contribution in [0.2, 0.25) is 0 Å². The van der Waals surface area contributed by atoms with Gasteiger partial charge in [0.2, 0.25) is 0 Å². The number of hydrogen-bond donors (Lipinski definition) is 0. The van der Waals surface area contributed by atoms with Crippen LogP contribution in [0.4, 0.5) is 17.1 Å². The van der Waals surface area contributed by atoms with Crippen molar-refractivity contribution in [2.24, 2.45) is 0 Å². The number of para-hydroxylation sites is 3. The SMILES string of the molecule is c1cc(-c2ccc(N(c3ccc4c(ccc5ccccc54)c3)c3ccccc3-c3ccc4oc5c6ccccc6ccc5c4c3)cc2)cc(-n2c3ccccc3c3ccccc32)c1. The van der Waals surface area contributed by atoms with Crippen LogP contribution in [-0.4, -0.2) is 4.57 Å². The lowest BCUT2D eigenvalue weighted by atomic mass is 9.98. The molecule has 0 spiro atoms. The van der Waals surface area contributed by atoms with Crippen molar-refractivity contribution in [3.8, 4) is 27.9 Å². The molecule has 0 fully saturated rings. The molecule has 0 aliphatic heterocycles. The fraction of sp³-hybridized carbons (Fsp3) is 0. The first-order valence-electron chi connectivity index (χ1n) is 21.6. The van der Waals surface area contributed by atoms with Gasteiger partial charge in [-0.15, -0.1) is 0 Å². The number of benzene rings is 11. The fourth-order valence-corrected chi connectivity index (χ4v) is 9.98. The van der Waals surface area contributed by atoms with Gasteiger partial charge in [0.1, 0.15) is 11.2 Å². The minimum atomic E-state index is 0.888. The molecule has 11 aromatic carbocycles. The standard InChI is InChI=1S/C60H38N2O/c1-3-16-48-40(12-1)24-25-43-37-47(32-34-49(43)48)61(56-21-8-5-17-50(56)44-29-35-59-55(38-44)54-33-28-41-13-2-4-18-51(41)60(54)63-59)45-30-26-39(27-31-45)42-14-11-15-46(36-42)62-57-22-9-6-19-52(57)53-20-7-10-23-58(53)62/h1-38H. The maximum atomic E-state index is 6.55. The van der Waals surface area contributed by atoms with Crippen molar-refractivity contribution in [1.82, 2.24) is 4.57 Å². The van der Waals surface area contributed by atoms with Gasteiger partial charge in [-0.3, -0.25) is 0 Å². The minimum absolute atomic E-state index is 0.888. The van der Waals surface area contributed by atoms with E-state index in [-0.39, 0.29) is 0 Å². The van der Waals surface area contributed by atoms with E-state index in [0.29, 0.717) is 0 Å². The molecular weight excluding hydrogens is 765 g/mol. The van der Waals surface area contributed by atoms with Gasteiger partial charge in [0.05, 0.1) is 16.7 Å². The lowest BCUT2D eigenvalue weighted by Gasteiger charge is -2.28. The highest BCUT2D eigenvalue weighted by Gasteiger charge is 2.20. The molecule has 2 aromatic heterocycles. The van der Waals surface area contributed by atoms with Gasteiger partial charge in [-0.2, -0.15) is 0 Å². The molecule has 13 rings (SSSR count). The third kappa shape index (κ3) is 5.67. The molecule has 63 heavy (non-hydrogen) atoms. The van der Waals surface area contributed by atoms with E-state index in [1.54, 1.807) is 0 Å². The second-order valence-electron chi connectivity index (χ2n) is 16.5. The molecule has 0 radical (unpaired) electrons. The summed E-state index contributed by atoms with van der Waals surface area (Å²) in [6.45, 7) is 0. The van der Waals surface area contributed by atoms with Gasteiger partial charge >= 0.3 is 0 Å². The average Bonchev–Trinajstić information content (AvgIpc) is 3.90. The predicted octanol–water partition coefficient (Wildman–Crippen LogP) is 16.9. The molecule has 0 bridgehead atoms. The first-order valence-corrected chi connectivity index (χ1v) is 21.6. The Morgan fingerprint density at radius 1 is 0.333 bits per heavy atom. The lowest BCUT2D eigenvalue weighted by molar-refractivity contribution is 0.672. The first-order chi connectivity index (χ1) is 31.2. The lowest BCUT2D eigenvalue weighted by Crippen LogP contribution is -2.11. The second kappa shape index (κ2) is 14.1. The van der Waals surface area contributed by atoms with Gasteiger partial charge in [-0.05, 0) is 116 Å². The number of nitrogens with zero attached hydrogens (tertiary/aromatic N) is 2. The quantitative estimate of drug-likeness (QED) is 0.156. The summed E-state index contributed by atoms with van der Waals surface area (Å²) in [5.41, 5.74) is 13.2. The van der Waals surface area contributed by atoms with E-state index in [9.17, 15) is 0 Å². The Morgan fingerprint density at radius 3 is 1.75 bits per heavy atom. The van der Waals surface area contributed by atoms with E-state index >= 15 is 0 Å². The number of aromatic nitrogens is 1. The van der Waals surface area contributed by atoms with Gasteiger partial charge in [0, 0.05) is 49.6 Å². The molecule has 13 aromatic rings. The third-order valence-corrected chi connectivity index (χ3v) is 12.9. The molecule has 0 saturated carbocycles. The Kier molecular flexibility index (Phi) is 7.91. The predicted molar refractivity (Wildman–Crippen MR) is 266 cm³/mol. The zero-order valence-electron chi connectivity index (χ0n) is 34.2. The Labute approximate surface area is 363 Å². The molecule has 0 N–H and O–H groups in total. The average molecular weight is 803 g/mol. The molecule has 294 valence electrons. The molecule has 0 unspecified atom stereocenters. The summed E-state index contributed by atoms with van der Waals surface area (Å²) in [7, 11) is 0. The van der Waals surface area contributed by atoms with E-state index < -0.39 is 0 Å². The summed E-state index contributed by atoms with van der Waals surface area (Å²) < 4.78 is 8.93. The van der Waals surface area contributed by atoms with Crippen LogP contribution in [0, 0.1) is 0 Å². The van der Waals surface area contributed by atoms with Gasteiger partial charge < -0.3 is 13.9 Å². The van der Waals surface area contributed by atoms with Gasteiger partial charge in [-0.25, -0.2) is 0 Å². The minimum Gasteiger partial charge on any atom is -0.455 e. The monoisotopic (exact) mass is 802 g/mol. The Morgan fingerprint density at radius 2 is 0.937 bits per heavy atom. The summed E-state index contributed by atoms with van der Waals surface area (Å²) >= 11 is 0. The topological polar surface area (TPSA) is 21.3 Å². The van der Waals surface area contributed by atoms with Gasteiger partial charge in [-0.1, -0.05) is 158 Å². The summed E-state index contributed by atoms with van der Waals surface area (Å²) in [6.07, 6.45) is 0. The van der Waals surface area contributed by atoms with Crippen molar-refractivity contribution in [1.29, 1.82) is 0 Å². The Bertz CT molecular complexity index is 3870. The number of furan rings is 1. The van der Waals surface area contributed by atoms with Crippen LogP contribution in [0.15, 0.2) is 235 Å². The van der Waals surface area contributed by atoms with Crippen LogP contribution >= 0.6 is 0 Å². The summed E-state index contributed by atoms with van der Waals surface area (Å²) in [6, 6.07) is 83.6. The molecule has 0 atom stereocenters. The summed E-state index contributed by atoms with van der Waals surface area (Å²) in [5.74, 6) is 0. The Hall–Kier alpha value is -8.40. The van der Waals surface area contributed by atoms with Gasteiger partial charge in [0.15, 0.2) is 0 Å². The largest absolute Gasteiger partial charge is 0.455 e. The molecular formula is C60H38N2O. The maximum Gasteiger partial charge on any atom is 0.143 e. The highest BCUT2D eigenvalue weighted by Crippen LogP contribution is 2.44. The van der Waals surface area contributed by atoms with Crippen LogP contribution in [-0.2, 0) is 0 Å². The molecule has 0 amide bonds. The Balaban J connectivity index is 0.954. The van der Waals surface area contributed by atoms with Crippen molar-refractivity contribution in [2.75, 3.05) is 4.90 Å². The van der Waals surface area contributed by atoms with Gasteiger partial charge in [0.25, 0.3) is 0 Å². The zero-order chi connectivity index (χ0) is 41.4. The van der Waals surface area contributed by atoms with Crippen molar-refractivity contribution in [3.63, 3.8) is 0 Å². The van der Waals surface area contributed by atoms with E-state index in [4.69, 9.17) is 4.42 Å². The van der Waals surface area contributed by atoms with Crippen LogP contribution in [0.3, 0.4) is 0 Å². The smallest absolute Gasteiger partial charge is 0.143 e. The highest BCUT2D eigenvalue weighted by molar-refractivity contribution is 6.16. The van der Waals surface area contributed by atoms with Crippen LogP contribution in [0.5, 0.6) is 0 Å². The molecule has 2 heterocycles. The number of anilines is 3. The second-order valence-corrected chi connectivity index (χ2v) is 16.5. The number of hydrogen-bond acceptors (Lipinski definition) is 2.